The number of carbonyl (C=O) groups excluding carboxylic acids is 1. The number of hydrogen-bond acceptors (Lipinski definition) is 6. The summed E-state index contributed by atoms with van der Waals surface area (Å²) in [4.78, 5) is 12.4. The highest BCUT2D eigenvalue weighted by Gasteiger charge is 2.31. The summed E-state index contributed by atoms with van der Waals surface area (Å²) in [5, 5.41) is -0.471. The average molecular weight is 289 g/mol. The summed E-state index contributed by atoms with van der Waals surface area (Å²) in [6, 6.07) is 3.31. The summed E-state index contributed by atoms with van der Waals surface area (Å²) in [5.74, 6) is 2.39. The van der Waals surface area contributed by atoms with E-state index < -0.39 is 15.2 Å². The molecule has 0 bridgehead atoms. The van der Waals surface area contributed by atoms with Gasteiger partial charge in [0.1, 0.15) is 11.1 Å². The van der Waals surface area contributed by atoms with Crippen LogP contribution in [0.15, 0.2) is 16.5 Å². The Morgan fingerprint density at radius 1 is 1.56 bits per heavy atom. The zero-order valence-electron chi connectivity index (χ0n) is 10.0. The zero-order chi connectivity index (χ0) is 13.2. The van der Waals surface area contributed by atoms with Crippen LogP contribution in [0.3, 0.4) is 0 Å². The normalized spacial score (nSPS) is 21.9. The molecule has 5 nitrogen and oxygen atoms in total. The number of sulfone groups is 1. The molecule has 0 aromatic carbocycles. The Bertz CT molecular complexity index is 523. The van der Waals surface area contributed by atoms with Crippen LogP contribution >= 0.6 is 11.8 Å². The topological polar surface area (TPSA) is 67.6 Å². The van der Waals surface area contributed by atoms with Gasteiger partial charge in [0, 0.05) is 24.3 Å². The Morgan fingerprint density at radius 3 is 2.94 bits per heavy atom. The summed E-state index contributed by atoms with van der Waals surface area (Å²) in [5.41, 5.74) is 0. The lowest BCUT2D eigenvalue weighted by Gasteiger charge is -2.33. The van der Waals surface area contributed by atoms with Crippen molar-refractivity contribution in [2.75, 3.05) is 24.3 Å². The molecule has 1 atom stereocenters. The molecule has 1 aliphatic heterocycles. The standard InChI is InChI=1S/C11H15NO4S2/c1-18(14,15)11-8-17-5-4-12(11)6-9-2-3-10(7-13)16-9/h2-3,7,11H,4-6,8H2,1H3. The van der Waals surface area contributed by atoms with Gasteiger partial charge >= 0.3 is 0 Å². The smallest absolute Gasteiger partial charge is 0.185 e. The average Bonchev–Trinajstić information content (AvgIpc) is 2.76. The number of furan rings is 1. The second-order valence-electron chi connectivity index (χ2n) is 4.25. The molecule has 1 unspecified atom stereocenters. The first-order valence-electron chi connectivity index (χ1n) is 5.55. The third kappa shape index (κ3) is 3.15. The molecule has 0 amide bonds. The lowest BCUT2D eigenvalue weighted by atomic mass is 10.4. The quantitative estimate of drug-likeness (QED) is 0.771. The Hall–Kier alpha value is -0.790. The third-order valence-electron chi connectivity index (χ3n) is 2.84. The maximum Gasteiger partial charge on any atom is 0.185 e. The molecular formula is C11H15NO4S2. The molecule has 100 valence electrons. The van der Waals surface area contributed by atoms with E-state index in [9.17, 15) is 13.2 Å². The molecule has 0 aliphatic carbocycles. The summed E-state index contributed by atoms with van der Waals surface area (Å²) in [6.45, 7) is 1.13. The van der Waals surface area contributed by atoms with Crippen molar-refractivity contribution >= 4 is 27.9 Å². The first kappa shape index (κ1) is 13.6. The van der Waals surface area contributed by atoms with E-state index in [1.54, 1.807) is 23.9 Å². The SMILES string of the molecule is CS(=O)(=O)C1CSCCN1Cc1ccc(C=O)o1. The van der Waals surface area contributed by atoms with Crippen LogP contribution in [0.1, 0.15) is 16.3 Å². The van der Waals surface area contributed by atoms with Crippen molar-refractivity contribution in [3.8, 4) is 0 Å². The first-order valence-corrected chi connectivity index (χ1v) is 8.66. The third-order valence-corrected chi connectivity index (χ3v) is 5.53. The number of carbonyl (C=O) groups is 1. The molecule has 0 N–H and O–H groups in total. The lowest BCUT2D eigenvalue weighted by molar-refractivity contribution is 0.109. The van der Waals surface area contributed by atoms with E-state index in [0.29, 0.717) is 30.9 Å². The molecule has 0 spiro atoms. The van der Waals surface area contributed by atoms with Gasteiger partial charge in [-0.15, -0.1) is 0 Å². The largest absolute Gasteiger partial charge is 0.457 e. The van der Waals surface area contributed by atoms with Crippen LogP contribution in [0.2, 0.25) is 0 Å². The van der Waals surface area contributed by atoms with Gasteiger partial charge in [0.2, 0.25) is 0 Å². The molecule has 2 rings (SSSR count). The Kier molecular flexibility index (Phi) is 4.14. The van der Waals surface area contributed by atoms with E-state index >= 15 is 0 Å². The minimum absolute atomic E-state index is 0.271. The van der Waals surface area contributed by atoms with Crippen molar-refractivity contribution in [2.45, 2.75) is 11.9 Å². The molecule has 0 saturated carbocycles. The molecular weight excluding hydrogens is 274 g/mol. The van der Waals surface area contributed by atoms with Crippen molar-refractivity contribution in [2.24, 2.45) is 0 Å². The Balaban J connectivity index is 2.12. The lowest BCUT2D eigenvalue weighted by Crippen LogP contribution is -2.46. The van der Waals surface area contributed by atoms with Gasteiger partial charge in [-0.2, -0.15) is 11.8 Å². The molecule has 7 heteroatoms. The fourth-order valence-corrected chi connectivity index (χ4v) is 4.88. The van der Waals surface area contributed by atoms with Gasteiger partial charge in [-0.1, -0.05) is 0 Å². The van der Waals surface area contributed by atoms with Crippen LogP contribution in [0, 0.1) is 0 Å². The van der Waals surface area contributed by atoms with Crippen LogP contribution in [0.25, 0.3) is 0 Å². The Morgan fingerprint density at radius 2 is 2.33 bits per heavy atom. The second-order valence-corrected chi connectivity index (χ2v) is 7.60. The van der Waals surface area contributed by atoms with Crippen molar-refractivity contribution in [1.29, 1.82) is 0 Å². The monoisotopic (exact) mass is 289 g/mol. The number of rotatable bonds is 4. The maximum atomic E-state index is 11.7. The van der Waals surface area contributed by atoms with Gasteiger partial charge in [0.25, 0.3) is 0 Å². The van der Waals surface area contributed by atoms with Crippen LogP contribution in [0.4, 0.5) is 0 Å². The summed E-state index contributed by atoms with van der Waals surface area (Å²) >= 11 is 1.65. The van der Waals surface area contributed by atoms with E-state index in [-0.39, 0.29) is 5.76 Å². The minimum atomic E-state index is -3.10. The Labute approximate surface area is 110 Å². The van der Waals surface area contributed by atoms with Crippen molar-refractivity contribution < 1.29 is 17.6 Å². The predicted octanol–water partition coefficient (Wildman–Crippen LogP) is 1.01. The molecule has 0 radical (unpaired) electrons. The zero-order valence-corrected chi connectivity index (χ0v) is 11.7. The second kappa shape index (κ2) is 5.46. The van der Waals surface area contributed by atoms with Gasteiger partial charge in [0.15, 0.2) is 21.9 Å². The van der Waals surface area contributed by atoms with Gasteiger partial charge in [-0.3, -0.25) is 9.69 Å². The number of thioether (sulfide) groups is 1. The van der Waals surface area contributed by atoms with Crippen LogP contribution in [0.5, 0.6) is 0 Å². The van der Waals surface area contributed by atoms with Gasteiger partial charge in [-0.05, 0) is 12.1 Å². The fraction of sp³-hybridized carbons (Fsp3) is 0.545. The number of hydrogen-bond donors (Lipinski definition) is 0. The van der Waals surface area contributed by atoms with Crippen molar-refractivity contribution in [1.82, 2.24) is 4.90 Å². The van der Waals surface area contributed by atoms with Crippen LogP contribution in [-0.2, 0) is 16.4 Å². The summed E-state index contributed by atoms with van der Waals surface area (Å²) in [6.07, 6.45) is 1.90. The van der Waals surface area contributed by atoms with Crippen LogP contribution in [-0.4, -0.2) is 49.3 Å². The molecule has 1 aromatic heterocycles. The fourth-order valence-electron chi connectivity index (χ4n) is 1.93. The van der Waals surface area contributed by atoms with Crippen molar-refractivity contribution in [3.05, 3.63) is 23.7 Å². The van der Waals surface area contributed by atoms with Gasteiger partial charge < -0.3 is 4.42 Å². The summed E-state index contributed by atoms with van der Waals surface area (Å²) < 4.78 is 28.7. The highest BCUT2D eigenvalue weighted by Crippen LogP contribution is 2.22. The predicted molar refractivity (Wildman–Crippen MR) is 70.5 cm³/mol. The van der Waals surface area contributed by atoms with E-state index in [1.807, 2.05) is 4.90 Å². The van der Waals surface area contributed by atoms with Gasteiger partial charge in [-0.25, -0.2) is 8.42 Å². The molecule has 18 heavy (non-hydrogen) atoms. The molecule has 1 aromatic rings. The van der Waals surface area contributed by atoms with E-state index in [4.69, 9.17) is 4.42 Å². The maximum absolute atomic E-state index is 11.7. The highest BCUT2D eigenvalue weighted by atomic mass is 32.2. The first-order chi connectivity index (χ1) is 8.50. The number of nitrogens with zero attached hydrogens (tertiary/aromatic N) is 1. The van der Waals surface area contributed by atoms with E-state index in [1.165, 1.54) is 6.26 Å². The van der Waals surface area contributed by atoms with Crippen molar-refractivity contribution in [3.63, 3.8) is 0 Å². The molecule has 2 heterocycles. The molecule has 1 aliphatic rings. The van der Waals surface area contributed by atoms with E-state index in [0.717, 1.165) is 5.75 Å². The van der Waals surface area contributed by atoms with Crippen LogP contribution < -0.4 is 0 Å². The molecule has 1 fully saturated rings. The van der Waals surface area contributed by atoms with Gasteiger partial charge in [0.05, 0.1) is 6.54 Å². The van der Waals surface area contributed by atoms with E-state index in [2.05, 4.69) is 0 Å². The summed E-state index contributed by atoms with van der Waals surface area (Å²) in [7, 11) is -3.10. The number of aldehydes is 1. The minimum Gasteiger partial charge on any atom is -0.457 e. The molecule has 1 saturated heterocycles. The highest BCUT2D eigenvalue weighted by molar-refractivity contribution is 8.00.